The summed E-state index contributed by atoms with van der Waals surface area (Å²) in [7, 11) is 0. The van der Waals surface area contributed by atoms with E-state index in [0.29, 0.717) is 5.56 Å². The van der Waals surface area contributed by atoms with E-state index in [-0.39, 0.29) is 11.9 Å². The minimum absolute atomic E-state index is 0.0906. The lowest BCUT2D eigenvalue weighted by molar-refractivity contribution is 0.0722. The number of fused-ring (bicyclic) bond motifs is 1. The molecule has 1 N–H and O–H groups in total. The number of rotatable bonds is 3. The van der Waals surface area contributed by atoms with Crippen molar-refractivity contribution in [3.63, 3.8) is 0 Å². The first-order valence-corrected chi connectivity index (χ1v) is 7.94. The number of imidazole rings is 1. The number of aromatic nitrogens is 4. The number of amides is 1. The van der Waals surface area contributed by atoms with Crippen LogP contribution in [0.4, 0.5) is 0 Å². The monoisotopic (exact) mass is 309 g/mol. The van der Waals surface area contributed by atoms with Crippen LogP contribution >= 0.6 is 0 Å². The van der Waals surface area contributed by atoms with Crippen molar-refractivity contribution in [3.05, 3.63) is 48.0 Å². The third kappa shape index (κ3) is 2.60. The molecule has 4 rings (SSSR count). The molecule has 1 atom stereocenters. The highest BCUT2D eigenvalue weighted by molar-refractivity contribution is 5.97. The van der Waals surface area contributed by atoms with Gasteiger partial charge in [0.15, 0.2) is 0 Å². The SMILES string of the molecule is Cc1cnn(C[C@@H]2CCCN2C(=O)c2ccc3nc[nH]c3c2)c1. The molecule has 1 aliphatic rings. The van der Waals surface area contributed by atoms with Gasteiger partial charge in [-0.25, -0.2) is 4.98 Å². The molecule has 0 aliphatic carbocycles. The van der Waals surface area contributed by atoms with Crippen LogP contribution in [0.25, 0.3) is 11.0 Å². The number of aromatic amines is 1. The summed E-state index contributed by atoms with van der Waals surface area (Å²) in [6.45, 7) is 3.59. The molecule has 1 aromatic carbocycles. The molecule has 1 aliphatic heterocycles. The smallest absolute Gasteiger partial charge is 0.254 e. The summed E-state index contributed by atoms with van der Waals surface area (Å²) in [5.41, 5.74) is 3.64. The minimum Gasteiger partial charge on any atom is -0.345 e. The maximum Gasteiger partial charge on any atom is 0.254 e. The summed E-state index contributed by atoms with van der Waals surface area (Å²) in [5.74, 6) is 0.0906. The third-order valence-electron chi connectivity index (χ3n) is 4.47. The fraction of sp³-hybridized carbons (Fsp3) is 0.353. The molecular weight excluding hydrogens is 290 g/mol. The van der Waals surface area contributed by atoms with Crippen LogP contribution in [0.1, 0.15) is 28.8 Å². The summed E-state index contributed by atoms with van der Waals surface area (Å²) in [5, 5.41) is 4.35. The molecule has 2 aromatic heterocycles. The molecule has 6 heteroatoms. The Kier molecular flexibility index (Phi) is 3.37. The van der Waals surface area contributed by atoms with Crippen LogP contribution in [0.15, 0.2) is 36.9 Å². The quantitative estimate of drug-likeness (QED) is 0.807. The standard InChI is InChI=1S/C17H19N5O/c1-12-8-20-21(9-12)10-14-3-2-6-22(14)17(23)13-4-5-15-16(7-13)19-11-18-15/h4-5,7-9,11,14H,2-3,6,10H2,1H3,(H,18,19)/t14-/m0/s1. The zero-order valence-corrected chi connectivity index (χ0v) is 13.1. The van der Waals surface area contributed by atoms with E-state index in [2.05, 4.69) is 15.1 Å². The van der Waals surface area contributed by atoms with Crippen molar-refractivity contribution in [3.8, 4) is 0 Å². The highest BCUT2D eigenvalue weighted by Crippen LogP contribution is 2.22. The van der Waals surface area contributed by atoms with Gasteiger partial charge in [-0.05, 0) is 43.5 Å². The van der Waals surface area contributed by atoms with Crippen molar-refractivity contribution in [1.29, 1.82) is 0 Å². The van der Waals surface area contributed by atoms with Gasteiger partial charge in [-0.1, -0.05) is 0 Å². The maximum absolute atomic E-state index is 12.9. The normalized spacial score (nSPS) is 18.0. The van der Waals surface area contributed by atoms with Crippen LogP contribution in [0, 0.1) is 6.92 Å². The Labute approximate surface area is 134 Å². The van der Waals surface area contributed by atoms with Gasteiger partial charge < -0.3 is 9.88 Å². The Balaban J connectivity index is 1.56. The number of H-pyrrole nitrogens is 1. The number of nitrogens with one attached hydrogen (secondary N) is 1. The van der Waals surface area contributed by atoms with Gasteiger partial charge >= 0.3 is 0 Å². The van der Waals surface area contributed by atoms with E-state index in [1.54, 1.807) is 6.33 Å². The third-order valence-corrected chi connectivity index (χ3v) is 4.47. The van der Waals surface area contributed by atoms with E-state index in [0.717, 1.165) is 42.5 Å². The van der Waals surface area contributed by atoms with Crippen molar-refractivity contribution in [2.75, 3.05) is 6.54 Å². The van der Waals surface area contributed by atoms with Crippen LogP contribution in [-0.2, 0) is 6.54 Å². The molecule has 1 amide bonds. The number of hydrogen-bond donors (Lipinski definition) is 1. The first-order chi connectivity index (χ1) is 11.2. The van der Waals surface area contributed by atoms with E-state index in [9.17, 15) is 4.79 Å². The topological polar surface area (TPSA) is 66.8 Å². The van der Waals surface area contributed by atoms with Crippen molar-refractivity contribution in [2.24, 2.45) is 0 Å². The molecular formula is C17H19N5O. The summed E-state index contributed by atoms with van der Waals surface area (Å²) < 4.78 is 1.93. The van der Waals surface area contributed by atoms with E-state index in [1.807, 2.05) is 47.1 Å². The van der Waals surface area contributed by atoms with Crippen molar-refractivity contribution < 1.29 is 4.79 Å². The van der Waals surface area contributed by atoms with Crippen LogP contribution in [0.2, 0.25) is 0 Å². The Morgan fingerprint density at radius 3 is 3.17 bits per heavy atom. The lowest BCUT2D eigenvalue weighted by atomic mass is 10.1. The van der Waals surface area contributed by atoms with Gasteiger partial charge in [-0.15, -0.1) is 0 Å². The molecule has 0 saturated carbocycles. The second-order valence-electron chi connectivity index (χ2n) is 6.17. The molecule has 1 fully saturated rings. The van der Waals surface area contributed by atoms with Gasteiger partial charge in [-0.3, -0.25) is 9.48 Å². The average molecular weight is 309 g/mol. The van der Waals surface area contributed by atoms with E-state index in [4.69, 9.17) is 0 Å². The highest BCUT2D eigenvalue weighted by atomic mass is 16.2. The summed E-state index contributed by atoms with van der Waals surface area (Å²) in [6.07, 6.45) is 7.60. The van der Waals surface area contributed by atoms with E-state index in [1.165, 1.54) is 0 Å². The average Bonchev–Trinajstić information content (AvgIpc) is 3.27. The Hall–Kier alpha value is -2.63. The molecule has 3 heterocycles. The number of benzene rings is 1. The first-order valence-electron chi connectivity index (χ1n) is 7.94. The molecule has 118 valence electrons. The van der Waals surface area contributed by atoms with E-state index < -0.39 is 0 Å². The van der Waals surface area contributed by atoms with Gasteiger partial charge in [0.25, 0.3) is 5.91 Å². The predicted molar refractivity (Wildman–Crippen MR) is 87.1 cm³/mol. The van der Waals surface area contributed by atoms with Crippen LogP contribution in [0.3, 0.4) is 0 Å². The second kappa shape index (κ2) is 5.53. The van der Waals surface area contributed by atoms with Gasteiger partial charge in [0, 0.05) is 18.3 Å². The Morgan fingerprint density at radius 1 is 1.43 bits per heavy atom. The predicted octanol–water partition coefficient (Wildman–Crippen LogP) is 2.37. The molecule has 1 saturated heterocycles. The highest BCUT2D eigenvalue weighted by Gasteiger charge is 2.30. The van der Waals surface area contributed by atoms with Crippen LogP contribution in [0.5, 0.6) is 0 Å². The van der Waals surface area contributed by atoms with Gasteiger partial charge in [-0.2, -0.15) is 5.10 Å². The Bertz CT molecular complexity index is 849. The summed E-state index contributed by atoms with van der Waals surface area (Å²) in [6, 6.07) is 5.84. The molecule has 0 radical (unpaired) electrons. The fourth-order valence-electron chi connectivity index (χ4n) is 3.31. The molecule has 0 unspecified atom stereocenters. The van der Waals surface area contributed by atoms with Crippen molar-refractivity contribution in [1.82, 2.24) is 24.6 Å². The largest absolute Gasteiger partial charge is 0.345 e. The number of nitrogens with zero attached hydrogens (tertiary/aromatic N) is 4. The molecule has 23 heavy (non-hydrogen) atoms. The zero-order valence-electron chi connectivity index (χ0n) is 13.1. The summed E-state index contributed by atoms with van der Waals surface area (Å²) >= 11 is 0. The summed E-state index contributed by atoms with van der Waals surface area (Å²) in [4.78, 5) is 22.1. The van der Waals surface area contributed by atoms with Crippen molar-refractivity contribution >= 4 is 16.9 Å². The zero-order chi connectivity index (χ0) is 15.8. The van der Waals surface area contributed by atoms with E-state index >= 15 is 0 Å². The van der Waals surface area contributed by atoms with Crippen LogP contribution < -0.4 is 0 Å². The second-order valence-corrected chi connectivity index (χ2v) is 6.17. The molecule has 3 aromatic rings. The Morgan fingerprint density at radius 2 is 2.35 bits per heavy atom. The fourth-order valence-corrected chi connectivity index (χ4v) is 3.31. The van der Waals surface area contributed by atoms with Gasteiger partial charge in [0.2, 0.25) is 0 Å². The van der Waals surface area contributed by atoms with Crippen molar-refractivity contribution in [2.45, 2.75) is 32.4 Å². The van der Waals surface area contributed by atoms with Gasteiger partial charge in [0.1, 0.15) is 0 Å². The number of carbonyl (C=O) groups is 1. The van der Waals surface area contributed by atoms with Crippen LogP contribution in [-0.4, -0.2) is 43.1 Å². The van der Waals surface area contributed by atoms with Gasteiger partial charge in [0.05, 0.1) is 36.1 Å². The number of hydrogen-bond acceptors (Lipinski definition) is 3. The lowest BCUT2D eigenvalue weighted by Gasteiger charge is -2.24. The minimum atomic E-state index is 0.0906. The molecule has 0 bridgehead atoms. The number of carbonyl (C=O) groups excluding carboxylic acids is 1. The molecule has 0 spiro atoms. The number of aryl methyl sites for hydroxylation is 1. The maximum atomic E-state index is 12.9. The molecule has 6 nitrogen and oxygen atoms in total. The first kappa shape index (κ1) is 14.0. The lowest BCUT2D eigenvalue weighted by Crippen LogP contribution is -2.38. The number of likely N-dealkylation sites (tertiary alicyclic amines) is 1.